The second kappa shape index (κ2) is 8.89. The van der Waals surface area contributed by atoms with E-state index < -0.39 is 11.6 Å². The Hall–Kier alpha value is -2.74. The van der Waals surface area contributed by atoms with Crippen molar-refractivity contribution in [1.29, 1.82) is 0 Å². The molecular weight excluding hydrogens is 442 g/mol. The average molecular weight is 470 g/mol. The lowest BCUT2D eigenvalue weighted by atomic mass is 9.86. The quantitative estimate of drug-likeness (QED) is 0.333. The lowest BCUT2D eigenvalue weighted by Gasteiger charge is -2.31. The monoisotopic (exact) mass is 469 g/mol. The molecule has 0 aliphatic carbocycles. The average Bonchev–Trinajstić information content (AvgIpc) is 3.17. The molecule has 1 atom stereocenters. The molecule has 5 rings (SSSR count). The SMILES string of the molecule is CCCNCCc1c2c(nc3ccccc13)-c1cc3c(c(=O)n1C2)COC(=O)[C@]3(O)CC.Cl. The molecule has 0 fully saturated rings. The van der Waals surface area contributed by atoms with E-state index >= 15 is 0 Å². The van der Waals surface area contributed by atoms with E-state index in [1.807, 2.05) is 18.2 Å². The summed E-state index contributed by atoms with van der Waals surface area (Å²) < 4.78 is 6.87. The number of hydrogen-bond acceptors (Lipinski definition) is 6. The zero-order chi connectivity index (χ0) is 22.5. The van der Waals surface area contributed by atoms with Gasteiger partial charge in [-0.15, -0.1) is 12.4 Å². The fourth-order valence-corrected chi connectivity index (χ4v) is 4.91. The van der Waals surface area contributed by atoms with Gasteiger partial charge in [-0.3, -0.25) is 4.79 Å². The van der Waals surface area contributed by atoms with Gasteiger partial charge in [-0.05, 0) is 50.0 Å². The minimum Gasteiger partial charge on any atom is -0.458 e. The molecule has 0 saturated heterocycles. The zero-order valence-electron chi connectivity index (χ0n) is 18.8. The standard InChI is InChI=1S/C25H27N3O4.ClH/c1-3-10-26-11-9-15-16-7-5-6-8-20(16)27-22-17(15)13-28-21(22)12-19-18(23(28)29)14-32-24(30)25(19,31)4-2;/h5-8,12,26,31H,3-4,9-11,13-14H2,1-2H3;1H/t25-;/m0./s1. The van der Waals surface area contributed by atoms with Crippen molar-refractivity contribution in [2.45, 2.75) is 51.9 Å². The van der Waals surface area contributed by atoms with Crippen LogP contribution in [0.3, 0.4) is 0 Å². The predicted molar refractivity (Wildman–Crippen MR) is 129 cm³/mol. The Balaban J connectivity index is 0.00000259. The number of hydrogen-bond donors (Lipinski definition) is 2. The maximum Gasteiger partial charge on any atom is 0.343 e. The van der Waals surface area contributed by atoms with Crippen molar-refractivity contribution in [3.05, 3.63) is 62.9 Å². The summed E-state index contributed by atoms with van der Waals surface area (Å²) in [5.74, 6) is -0.704. The molecule has 0 bridgehead atoms. The molecule has 0 spiro atoms. The van der Waals surface area contributed by atoms with Gasteiger partial charge < -0.3 is 19.7 Å². The summed E-state index contributed by atoms with van der Waals surface area (Å²) in [6.45, 7) is 5.96. The van der Waals surface area contributed by atoms with Gasteiger partial charge in [-0.2, -0.15) is 0 Å². The van der Waals surface area contributed by atoms with Crippen LogP contribution in [0.25, 0.3) is 22.3 Å². The largest absolute Gasteiger partial charge is 0.458 e. The molecule has 0 unspecified atom stereocenters. The molecule has 0 radical (unpaired) electrons. The normalized spacial score (nSPS) is 18.3. The van der Waals surface area contributed by atoms with Crippen molar-refractivity contribution in [2.75, 3.05) is 13.1 Å². The molecule has 4 heterocycles. The number of nitrogens with zero attached hydrogens (tertiary/aromatic N) is 2. The minimum absolute atomic E-state index is 0. The van der Waals surface area contributed by atoms with Crippen molar-refractivity contribution in [3.8, 4) is 11.4 Å². The highest BCUT2D eigenvalue weighted by Crippen LogP contribution is 2.40. The summed E-state index contributed by atoms with van der Waals surface area (Å²) in [5.41, 5.74) is 3.17. The summed E-state index contributed by atoms with van der Waals surface area (Å²) in [6, 6.07) is 9.81. The molecule has 2 aromatic heterocycles. The first kappa shape index (κ1) is 23.4. The van der Waals surface area contributed by atoms with E-state index in [2.05, 4.69) is 18.3 Å². The Labute approximate surface area is 198 Å². The molecule has 0 amide bonds. The molecule has 0 saturated carbocycles. The van der Waals surface area contributed by atoms with Gasteiger partial charge in [0.2, 0.25) is 0 Å². The number of ether oxygens (including phenoxy) is 1. The summed E-state index contributed by atoms with van der Waals surface area (Å²) in [6.07, 6.45) is 2.03. The number of halogens is 1. The highest BCUT2D eigenvalue weighted by atomic mass is 35.5. The van der Waals surface area contributed by atoms with Gasteiger partial charge in [0.05, 0.1) is 29.0 Å². The summed E-state index contributed by atoms with van der Waals surface area (Å²) in [7, 11) is 0. The molecule has 8 heteroatoms. The summed E-state index contributed by atoms with van der Waals surface area (Å²) in [4.78, 5) is 30.7. The van der Waals surface area contributed by atoms with Crippen LogP contribution in [0.1, 0.15) is 48.9 Å². The number of aromatic nitrogens is 2. The van der Waals surface area contributed by atoms with Crippen LogP contribution in [0.15, 0.2) is 35.1 Å². The second-order valence-electron chi connectivity index (χ2n) is 8.54. The van der Waals surface area contributed by atoms with E-state index in [0.29, 0.717) is 23.4 Å². The predicted octanol–water partition coefficient (Wildman–Crippen LogP) is 3.04. The lowest BCUT2D eigenvalue weighted by molar-refractivity contribution is -0.172. The molecule has 174 valence electrons. The molecule has 7 nitrogen and oxygen atoms in total. The number of para-hydroxylation sites is 1. The summed E-state index contributed by atoms with van der Waals surface area (Å²) >= 11 is 0. The van der Waals surface area contributed by atoms with Crippen LogP contribution in [-0.2, 0) is 34.7 Å². The number of carbonyl (C=O) groups is 1. The van der Waals surface area contributed by atoms with Gasteiger partial charge in [0.25, 0.3) is 5.56 Å². The van der Waals surface area contributed by atoms with Gasteiger partial charge in [-0.1, -0.05) is 32.0 Å². The smallest absolute Gasteiger partial charge is 0.343 e. The molecule has 1 aromatic carbocycles. The van der Waals surface area contributed by atoms with Crippen LogP contribution >= 0.6 is 12.4 Å². The highest BCUT2D eigenvalue weighted by Gasteiger charge is 2.45. The first-order valence-corrected chi connectivity index (χ1v) is 11.3. The third-order valence-corrected chi connectivity index (χ3v) is 6.69. The van der Waals surface area contributed by atoms with Gasteiger partial charge in [-0.25, -0.2) is 9.78 Å². The number of esters is 1. The maximum absolute atomic E-state index is 13.4. The summed E-state index contributed by atoms with van der Waals surface area (Å²) in [5, 5.41) is 15.6. The molecule has 2 N–H and O–H groups in total. The van der Waals surface area contributed by atoms with E-state index in [1.54, 1.807) is 17.6 Å². The van der Waals surface area contributed by atoms with E-state index in [0.717, 1.165) is 48.1 Å². The number of carbonyl (C=O) groups excluding carboxylic acids is 1. The van der Waals surface area contributed by atoms with Crippen molar-refractivity contribution in [3.63, 3.8) is 0 Å². The van der Waals surface area contributed by atoms with Gasteiger partial charge in [0.15, 0.2) is 5.60 Å². The van der Waals surface area contributed by atoms with Crippen LogP contribution < -0.4 is 10.9 Å². The Morgan fingerprint density at radius 1 is 1.18 bits per heavy atom. The van der Waals surface area contributed by atoms with Crippen LogP contribution in [0.5, 0.6) is 0 Å². The number of rotatable bonds is 6. The van der Waals surface area contributed by atoms with E-state index in [4.69, 9.17) is 9.72 Å². The van der Waals surface area contributed by atoms with Gasteiger partial charge in [0, 0.05) is 16.5 Å². The number of cyclic esters (lactones) is 1. The van der Waals surface area contributed by atoms with E-state index in [-0.39, 0.29) is 31.0 Å². The fourth-order valence-electron chi connectivity index (χ4n) is 4.91. The minimum atomic E-state index is -1.81. The van der Waals surface area contributed by atoms with Crippen LogP contribution in [-0.4, -0.2) is 33.7 Å². The third kappa shape index (κ3) is 3.55. The fraction of sp³-hybridized carbons (Fsp3) is 0.400. The molecule has 3 aromatic rings. The molecule has 2 aliphatic rings. The third-order valence-electron chi connectivity index (χ3n) is 6.69. The topological polar surface area (TPSA) is 93.5 Å². The van der Waals surface area contributed by atoms with Crippen molar-refractivity contribution in [1.82, 2.24) is 14.9 Å². The van der Waals surface area contributed by atoms with E-state index in [1.165, 1.54) is 5.56 Å². The second-order valence-corrected chi connectivity index (χ2v) is 8.54. The molecule has 33 heavy (non-hydrogen) atoms. The Morgan fingerprint density at radius 2 is 1.97 bits per heavy atom. The van der Waals surface area contributed by atoms with Crippen molar-refractivity contribution < 1.29 is 14.6 Å². The Kier molecular flexibility index (Phi) is 6.31. The van der Waals surface area contributed by atoms with E-state index in [9.17, 15) is 14.7 Å². The maximum atomic E-state index is 13.4. The highest BCUT2D eigenvalue weighted by molar-refractivity contribution is 5.89. The Morgan fingerprint density at radius 3 is 2.73 bits per heavy atom. The zero-order valence-corrected chi connectivity index (χ0v) is 19.6. The molecular formula is C25H28ClN3O4. The van der Waals surface area contributed by atoms with Crippen LogP contribution in [0.4, 0.5) is 0 Å². The number of fused-ring (bicyclic) bond motifs is 5. The Bertz CT molecular complexity index is 1300. The van der Waals surface area contributed by atoms with Crippen molar-refractivity contribution in [2.24, 2.45) is 0 Å². The number of nitrogens with one attached hydrogen (secondary N) is 1. The number of aliphatic hydroxyl groups is 1. The van der Waals surface area contributed by atoms with Crippen molar-refractivity contribution >= 4 is 29.3 Å². The lowest BCUT2D eigenvalue weighted by Crippen LogP contribution is -2.44. The van der Waals surface area contributed by atoms with Crippen LogP contribution in [0.2, 0.25) is 0 Å². The molecule has 2 aliphatic heterocycles. The number of pyridine rings is 2. The van der Waals surface area contributed by atoms with Gasteiger partial charge in [0.1, 0.15) is 6.61 Å². The first-order chi connectivity index (χ1) is 15.5. The number of benzene rings is 1. The van der Waals surface area contributed by atoms with Gasteiger partial charge >= 0.3 is 5.97 Å². The first-order valence-electron chi connectivity index (χ1n) is 11.3. The van der Waals surface area contributed by atoms with Crippen LogP contribution in [0, 0.1) is 0 Å².